The predicted molar refractivity (Wildman–Crippen MR) is 65.3 cm³/mol. The Labute approximate surface area is 99.7 Å². The van der Waals surface area contributed by atoms with Crippen molar-refractivity contribution in [2.45, 2.75) is 6.04 Å². The Morgan fingerprint density at radius 1 is 1.47 bits per heavy atom. The van der Waals surface area contributed by atoms with Gasteiger partial charge >= 0.3 is 6.03 Å². The molecule has 1 aliphatic rings. The van der Waals surface area contributed by atoms with Crippen molar-refractivity contribution in [1.29, 1.82) is 0 Å². The van der Waals surface area contributed by atoms with Gasteiger partial charge in [-0.3, -0.25) is 0 Å². The molecule has 0 unspecified atom stereocenters. The second kappa shape index (κ2) is 5.47. The number of amides is 2. The Balaban J connectivity index is 2.02. The molecular formula is C12H15N3O2. The average molecular weight is 233 g/mol. The summed E-state index contributed by atoms with van der Waals surface area (Å²) in [6.45, 7) is 0.477. The number of carbonyl (C=O) groups is 1. The third-order valence-electron chi connectivity index (χ3n) is 2.50. The van der Waals surface area contributed by atoms with Crippen LogP contribution in [0.25, 0.3) is 0 Å². The standard InChI is InChI=1S/C12H15N3O2/c16-9-11-7-4-8-13-15(11)12(17)14-10-5-2-1-3-6-10/h1-7,11,13,16H,8-9H2,(H,14,17)/t11-/m0/s1. The minimum atomic E-state index is -0.326. The zero-order valence-electron chi connectivity index (χ0n) is 9.34. The normalized spacial score (nSPS) is 19.1. The second-order valence-electron chi connectivity index (χ2n) is 3.71. The highest BCUT2D eigenvalue weighted by Crippen LogP contribution is 2.09. The van der Waals surface area contributed by atoms with E-state index in [1.165, 1.54) is 5.01 Å². The van der Waals surface area contributed by atoms with Gasteiger partial charge in [0, 0.05) is 12.2 Å². The third kappa shape index (κ3) is 2.83. The molecule has 5 heteroatoms. The summed E-state index contributed by atoms with van der Waals surface area (Å²) in [5.41, 5.74) is 3.64. The van der Waals surface area contributed by atoms with Crippen LogP contribution in [0.4, 0.5) is 10.5 Å². The van der Waals surface area contributed by atoms with E-state index in [4.69, 9.17) is 5.11 Å². The number of hydrogen-bond donors (Lipinski definition) is 3. The van der Waals surface area contributed by atoms with Crippen LogP contribution in [0.15, 0.2) is 42.5 Å². The lowest BCUT2D eigenvalue weighted by Gasteiger charge is -2.31. The average Bonchev–Trinajstić information content (AvgIpc) is 2.40. The van der Waals surface area contributed by atoms with E-state index in [1.807, 2.05) is 36.4 Å². The zero-order chi connectivity index (χ0) is 12.1. The summed E-state index contributed by atoms with van der Waals surface area (Å²) in [5, 5.41) is 13.3. The first-order valence-electron chi connectivity index (χ1n) is 5.47. The molecule has 3 N–H and O–H groups in total. The van der Waals surface area contributed by atoms with Gasteiger partial charge in [0.25, 0.3) is 0 Å². The maximum atomic E-state index is 11.9. The van der Waals surface area contributed by atoms with Crippen LogP contribution in [-0.2, 0) is 0 Å². The van der Waals surface area contributed by atoms with Crippen molar-refractivity contribution >= 4 is 11.7 Å². The van der Waals surface area contributed by atoms with Crippen LogP contribution >= 0.6 is 0 Å². The highest BCUT2D eigenvalue weighted by Gasteiger charge is 2.22. The third-order valence-corrected chi connectivity index (χ3v) is 2.50. The van der Waals surface area contributed by atoms with Crippen molar-refractivity contribution < 1.29 is 9.90 Å². The number of urea groups is 1. The first kappa shape index (κ1) is 11.6. The predicted octanol–water partition coefficient (Wildman–Crippen LogP) is 0.956. The van der Waals surface area contributed by atoms with Crippen LogP contribution < -0.4 is 10.7 Å². The largest absolute Gasteiger partial charge is 0.394 e. The lowest BCUT2D eigenvalue weighted by atomic mass is 10.2. The fraction of sp³-hybridized carbons (Fsp3) is 0.250. The molecule has 0 saturated carbocycles. The van der Waals surface area contributed by atoms with E-state index in [0.717, 1.165) is 5.69 Å². The van der Waals surface area contributed by atoms with E-state index in [-0.39, 0.29) is 18.7 Å². The van der Waals surface area contributed by atoms with Crippen LogP contribution in [0.5, 0.6) is 0 Å². The monoisotopic (exact) mass is 233 g/mol. The summed E-state index contributed by atoms with van der Waals surface area (Å²) < 4.78 is 0. The van der Waals surface area contributed by atoms with Gasteiger partial charge in [-0.2, -0.15) is 0 Å². The van der Waals surface area contributed by atoms with Crippen molar-refractivity contribution in [1.82, 2.24) is 10.4 Å². The number of nitrogens with zero attached hydrogens (tertiary/aromatic N) is 1. The Hall–Kier alpha value is -1.85. The highest BCUT2D eigenvalue weighted by atomic mass is 16.3. The smallest absolute Gasteiger partial charge is 0.336 e. The van der Waals surface area contributed by atoms with Gasteiger partial charge in [0.05, 0.1) is 12.6 Å². The fourth-order valence-corrected chi connectivity index (χ4v) is 1.65. The number of aliphatic hydroxyl groups is 1. The minimum absolute atomic E-state index is 0.105. The number of para-hydroxylation sites is 1. The maximum absolute atomic E-state index is 11.9. The Bertz CT molecular complexity index is 405. The first-order valence-corrected chi connectivity index (χ1v) is 5.47. The van der Waals surface area contributed by atoms with Gasteiger partial charge in [0.2, 0.25) is 0 Å². The molecule has 2 rings (SSSR count). The molecule has 1 heterocycles. The van der Waals surface area contributed by atoms with Crippen LogP contribution in [0.1, 0.15) is 0 Å². The minimum Gasteiger partial charge on any atom is -0.394 e. The lowest BCUT2D eigenvalue weighted by Crippen LogP contribution is -2.54. The number of hydrazine groups is 1. The summed E-state index contributed by atoms with van der Waals surface area (Å²) >= 11 is 0. The summed E-state index contributed by atoms with van der Waals surface area (Å²) in [4.78, 5) is 11.9. The molecule has 0 saturated heterocycles. The summed E-state index contributed by atoms with van der Waals surface area (Å²) in [7, 11) is 0. The van der Waals surface area contributed by atoms with E-state index in [0.29, 0.717) is 6.54 Å². The molecule has 1 atom stereocenters. The number of nitrogens with one attached hydrogen (secondary N) is 2. The molecule has 0 aliphatic carbocycles. The molecule has 17 heavy (non-hydrogen) atoms. The molecule has 5 nitrogen and oxygen atoms in total. The highest BCUT2D eigenvalue weighted by molar-refractivity contribution is 5.89. The summed E-state index contributed by atoms with van der Waals surface area (Å²) in [6.07, 6.45) is 3.69. The Kier molecular flexibility index (Phi) is 3.74. The number of carbonyl (C=O) groups excluding carboxylic acids is 1. The van der Waals surface area contributed by atoms with Crippen molar-refractivity contribution in [2.24, 2.45) is 0 Å². The SMILES string of the molecule is O=C(Nc1ccccc1)N1NCC=C[C@H]1CO. The van der Waals surface area contributed by atoms with E-state index in [2.05, 4.69) is 10.7 Å². The van der Waals surface area contributed by atoms with E-state index in [1.54, 1.807) is 6.08 Å². The number of aliphatic hydroxyl groups excluding tert-OH is 1. The van der Waals surface area contributed by atoms with Gasteiger partial charge in [0.15, 0.2) is 0 Å². The Morgan fingerprint density at radius 3 is 2.94 bits per heavy atom. The van der Waals surface area contributed by atoms with Crippen LogP contribution in [-0.4, -0.2) is 35.3 Å². The van der Waals surface area contributed by atoms with Gasteiger partial charge < -0.3 is 10.4 Å². The zero-order valence-corrected chi connectivity index (χ0v) is 9.34. The molecule has 0 aromatic heterocycles. The molecular weight excluding hydrogens is 218 g/mol. The van der Waals surface area contributed by atoms with E-state index < -0.39 is 0 Å². The van der Waals surface area contributed by atoms with Gasteiger partial charge in [0.1, 0.15) is 0 Å². The lowest BCUT2D eigenvalue weighted by molar-refractivity contribution is 0.126. The van der Waals surface area contributed by atoms with Crippen molar-refractivity contribution in [2.75, 3.05) is 18.5 Å². The van der Waals surface area contributed by atoms with Crippen molar-refractivity contribution in [3.63, 3.8) is 0 Å². The molecule has 0 radical (unpaired) electrons. The fourth-order valence-electron chi connectivity index (χ4n) is 1.65. The van der Waals surface area contributed by atoms with E-state index in [9.17, 15) is 4.79 Å². The molecule has 0 spiro atoms. The van der Waals surface area contributed by atoms with E-state index >= 15 is 0 Å². The molecule has 1 aromatic carbocycles. The maximum Gasteiger partial charge on any atom is 0.336 e. The molecule has 90 valence electrons. The quantitative estimate of drug-likeness (QED) is 0.666. The molecule has 1 aromatic rings. The number of hydrogen-bond acceptors (Lipinski definition) is 3. The van der Waals surface area contributed by atoms with Crippen LogP contribution in [0.2, 0.25) is 0 Å². The molecule has 1 aliphatic heterocycles. The second-order valence-corrected chi connectivity index (χ2v) is 3.71. The topological polar surface area (TPSA) is 64.6 Å². The van der Waals surface area contributed by atoms with Crippen LogP contribution in [0.3, 0.4) is 0 Å². The molecule has 0 fully saturated rings. The van der Waals surface area contributed by atoms with Gasteiger partial charge in [-0.15, -0.1) is 0 Å². The van der Waals surface area contributed by atoms with Gasteiger partial charge in [-0.1, -0.05) is 30.4 Å². The molecule has 0 bridgehead atoms. The Morgan fingerprint density at radius 2 is 2.24 bits per heavy atom. The van der Waals surface area contributed by atoms with Gasteiger partial charge in [-0.05, 0) is 12.1 Å². The number of anilines is 1. The number of benzene rings is 1. The van der Waals surface area contributed by atoms with Crippen LogP contribution in [0, 0.1) is 0 Å². The molecule has 2 amide bonds. The number of rotatable bonds is 2. The summed E-state index contributed by atoms with van der Waals surface area (Å²) in [5.74, 6) is 0. The first-order chi connectivity index (χ1) is 8.31. The van der Waals surface area contributed by atoms with Gasteiger partial charge in [-0.25, -0.2) is 15.2 Å². The van der Waals surface area contributed by atoms with Crippen molar-refractivity contribution in [3.8, 4) is 0 Å². The summed E-state index contributed by atoms with van der Waals surface area (Å²) in [6, 6.07) is 8.60. The van der Waals surface area contributed by atoms with Crippen molar-refractivity contribution in [3.05, 3.63) is 42.5 Å².